The van der Waals surface area contributed by atoms with E-state index in [-0.39, 0.29) is 18.1 Å². The molecule has 0 bridgehead atoms. The van der Waals surface area contributed by atoms with Gasteiger partial charge in [0, 0.05) is 25.7 Å². The highest BCUT2D eigenvalue weighted by atomic mass is 35.5. The number of alkyl halides is 4. The summed E-state index contributed by atoms with van der Waals surface area (Å²) in [7, 11) is 0. The maximum atomic E-state index is 12.7. The summed E-state index contributed by atoms with van der Waals surface area (Å²) in [5.74, 6) is 0. The van der Waals surface area contributed by atoms with Crippen LogP contribution >= 0.6 is 11.6 Å². The standard InChI is InChI=1S/C12H13ClF4N2/c13-10-2-1-7(3-9(10)12(15,16)17)11(18)6-19-4-8(14)5-19/h1-3,8,11H,4-6,18H2/t11-/m1/s1. The molecule has 1 fully saturated rings. The summed E-state index contributed by atoms with van der Waals surface area (Å²) >= 11 is 5.53. The first-order chi connectivity index (χ1) is 8.77. The molecular formula is C12H13ClF4N2. The third-order valence-corrected chi connectivity index (χ3v) is 3.42. The number of halogens is 5. The van der Waals surface area contributed by atoms with Crippen LogP contribution in [0.3, 0.4) is 0 Å². The van der Waals surface area contributed by atoms with Gasteiger partial charge in [-0.15, -0.1) is 0 Å². The molecule has 0 aliphatic carbocycles. The molecule has 0 saturated carbocycles. The van der Waals surface area contributed by atoms with Crippen molar-refractivity contribution in [1.29, 1.82) is 0 Å². The van der Waals surface area contributed by atoms with Crippen LogP contribution in [0.15, 0.2) is 18.2 Å². The van der Waals surface area contributed by atoms with Gasteiger partial charge in [0.2, 0.25) is 0 Å². The Balaban J connectivity index is 2.11. The molecule has 1 aromatic rings. The van der Waals surface area contributed by atoms with Crippen LogP contribution in [0.5, 0.6) is 0 Å². The van der Waals surface area contributed by atoms with E-state index in [0.29, 0.717) is 12.1 Å². The van der Waals surface area contributed by atoms with Crippen LogP contribution in [0.1, 0.15) is 17.2 Å². The molecule has 7 heteroatoms. The molecule has 2 rings (SSSR count). The zero-order valence-corrected chi connectivity index (χ0v) is 10.7. The molecule has 1 heterocycles. The summed E-state index contributed by atoms with van der Waals surface area (Å²) in [6.07, 6.45) is -5.36. The number of likely N-dealkylation sites (tertiary alicyclic amines) is 1. The maximum absolute atomic E-state index is 12.7. The second-order valence-corrected chi connectivity index (χ2v) is 5.07. The monoisotopic (exact) mass is 296 g/mol. The fraction of sp³-hybridized carbons (Fsp3) is 0.500. The number of nitrogens with two attached hydrogens (primary N) is 1. The SMILES string of the molecule is N[C@H](CN1CC(F)C1)c1ccc(Cl)c(C(F)(F)F)c1. The maximum Gasteiger partial charge on any atom is 0.417 e. The Kier molecular flexibility index (Phi) is 4.03. The van der Waals surface area contributed by atoms with Gasteiger partial charge >= 0.3 is 6.18 Å². The molecule has 106 valence electrons. The van der Waals surface area contributed by atoms with Crippen LogP contribution < -0.4 is 5.73 Å². The summed E-state index contributed by atoms with van der Waals surface area (Å²) < 4.78 is 50.7. The number of benzene rings is 1. The molecule has 19 heavy (non-hydrogen) atoms. The average molecular weight is 297 g/mol. The smallest absolute Gasteiger partial charge is 0.323 e. The van der Waals surface area contributed by atoms with E-state index >= 15 is 0 Å². The highest BCUT2D eigenvalue weighted by Crippen LogP contribution is 2.36. The first-order valence-corrected chi connectivity index (χ1v) is 6.14. The molecule has 0 unspecified atom stereocenters. The van der Waals surface area contributed by atoms with Gasteiger partial charge in [-0.25, -0.2) is 4.39 Å². The second-order valence-electron chi connectivity index (χ2n) is 4.66. The third kappa shape index (κ3) is 3.38. The molecule has 2 nitrogen and oxygen atoms in total. The summed E-state index contributed by atoms with van der Waals surface area (Å²) in [4.78, 5) is 1.76. The van der Waals surface area contributed by atoms with Crippen LogP contribution in [0.2, 0.25) is 5.02 Å². The molecule has 0 radical (unpaired) electrons. The topological polar surface area (TPSA) is 29.3 Å². The van der Waals surface area contributed by atoms with Crippen LogP contribution in [-0.4, -0.2) is 30.7 Å². The van der Waals surface area contributed by atoms with E-state index in [9.17, 15) is 17.6 Å². The minimum Gasteiger partial charge on any atom is -0.323 e. The number of hydrogen-bond acceptors (Lipinski definition) is 2. The molecule has 1 atom stereocenters. The van der Waals surface area contributed by atoms with Gasteiger partial charge in [-0.2, -0.15) is 13.2 Å². The van der Waals surface area contributed by atoms with Gasteiger partial charge in [0.05, 0.1) is 10.6 Å². The van der Waals surface area contributed by atoms with Crippen molar-refractivity contribution in [3.05, 3.63) is 34.3 Å². The summed E-state index contributed by atoms with van der Waals surface area (Å²) in [5, 5.41) is -0.351. The lowest BCUT2D eigenvalue weighted by molar-refractivity contribution is -0.137. The van der Waals surface area contributed by atoms with Crippen LogP contribution in [-0.2, 0) is 6.18 Å². The quantitative estimate of drug-likeness (QED) is 0.869. The molecule has 0 aromatic heterocycles. The number of nitrogens with zero attached hydrogens (tertiary/aromatic N) is 1. The molecular weight excluding hydrogens is 284 g/mol. The van der Waals surface area contributed by atoms with Crippen molar-refractivity contribution in [2.24, 2.45) is 5.73 Å². The largest absolute Gasteiger partial charge is 0.417 e. The molecule has 1 aliphatic heterocycles. The van der Waals surface area contributed by atoms with E-state index < -0.39 is 24.0 Å². The molecule has 0 spiro atoms. The Morgan fingerprint density at radius 2 is 2.00 bits per heavy atom. The minimum absolute atomic E-state index is 0.285. The second kappa shape index (κ2) is 5.26. The van der Waals surface area contributed by atoms with Gasteiger partial charge in [0.1, 0.15) is 6.17 Å². The van der Waals surface area contributed by atoms with E-state index in [2.05, 4.69) is 0 Å². The lowest BCUT2D eigenvalue weighted by Gasteiger charge is -2.36. The highest BCUT2D eigenvalue weighted by Gasteiger charge is 2.34. The first-order valence-electron chi connectivity index (χ1n) is 5.76. The van der Waals surface area contributed by atoms with Crippen molar-refractivity contribution in [2.75, 3.05) is 19.6 Å². The zero-order chi connectivity index (χ0) is 14.2. The number of hydrogen-bond donors (Lipinski definition) is 1. The van der Waals surface area contributed by atoms with Gasteiger partial charge in [0.25, 0.3) is 0 Å². The van der Waals surface area contributed by atoms with Crippen molar-refractivity contribution >= 4 is 11.6 Å². The predicted octanol–water partition coefficient (Wildman–Crippen LogP) is 3.01. The molecule has 2 N–H and O–H groups in total. The van der Waals surface area contributed by atoms with Crippen molar-refractivity contribution in [3.8, 4) is 0 Å². The average Bonchev–Trinajstić information content (AvgIpc) is 2.25. The van der Waals surface area contributed by atoms with E-state index in [0.717, 1.165) is 6.07 Å². The fourth-order valence-corrected chi connectivity index (χ4v) is 2.25. The van der Waals surface area contributed by atoms with Gasteiger partial charge in [0.15, 0.2) is 0 Å². The Morgan fingerprint density at radius 3 is 2.53 bits per heavy atom. The molecule has 1 aliphatic rings. The Hall–Kier alpha value is -0.850. The van der Waals surface area contributed by atoms with Crippen LogP contribution in [0.25, 0.3) is 0 Å². The van der Waals surface area contributed by atoms with Crippen molar-refractivity contribution in [3.63, 3.8) is 0 Å². The summed E-state index contributed by atoms with van der Waals surface area (Å²) in [6.45, 7) is 0.903. The van der Waals surface area contributed by atoms with Crippen LogP contribution in [0, 0.1) is 0 Å². The Labute approximate surface area is 113 Å². The minimum atomic E-state index is -4.51. The molecule has 0 amide bonds. The van der Waals surface area contributed by atoms with E-state index in [1.807, 2.05) is 0 Å². The van der Waals surface area contributed by atoms with E-state index in [4.69, 9.17) is 17.3 Å². The van der Waals surface area contributed by atoms with Gasteiger partial charge < -0.3 is 5.73 Å². The fourth-order valence-electron chi connectivity index (χ4n) is 2.03. The first kappa shape index (κ1) is 14.6. The Bertz CT molecular complexity index is 458. The van der Waals surface area contributed by atoms with Gasteiger partial charge in [-0.05, 0) is 17.7 Å². The summed E-state index contributed by atoms with van der Waals surface area (Å²) in [6, 6.07) is 3.02. The van der Waals surface area contributed by atoms with Crippen molar-refractivity contribution in [1.82, 2.24) is 4.90 Å². The Morgan fingerprint density at radius 1 is 1.37 bits per heavy atom. The lowest BCUT2D eigenvalue weighted by Crippen LogP contribution is -2.50. The molecule has 1 saturated heterocycles. The van der Waals surface area contributed by atoms with Crippen molar-refractivity contribution < 1.29 is 17.6 Å². The van der Waals surface area contributed by atoms with E-state index in [1.54, 1.807) is 4.90 Å². The highest BCUT2D eigenvalue weighted by molar-refractivity contribution is 6.31. The summed E-state index contributed by atoms with van der Waals surface area (Å²) in [5.41, 5.74) is 5.29. The van der Waals surface area contributed by atoms with E-state index in [1.165, 1.54) is 12.1 Å². The predicted molar refractivity (Wildman–Crippen MR) is 64.7 cm³/mol. The zero-order valence-electron chi connectivity index (χ0n) is 9.92. The van der Waals surface area contributed by atoms with Gasteiger partial charge in [-0.3, -0.25) is 4.90 Å². The lowest BCUT2D eigenvalue weighted by atomic mass is 10.0. The van der Waals surface area contributed by atoms with Crippen molar-refractivity contribution in [2.45, 2.75) is 18.4 Å². The van der Waals surface area contributed by atoms with Crippen LogP contribution in [0.4, 0.5) is 17.6 Å². The number of rotatable bonds is 3. The van der Waals surface area contributed by atoms with Gasteiger partial charge in [-0.1, -0.05) is 17.7 Å². The molecule has 1 aromatic carbocycles. The third-order valence-electron chi connectivity index (χ3n) is 3.09. The normalized spacial score (nSPS) is 19.3.